The maximum absolute atomic E-state index is 12.1. The molecular formula is C13H20N4O3. The van der Waals surface area contributed by atoms with E-state index >= 15 is 0 Å². The van der Waals surface area contributed by atoms with E-state index in [9.17, 15) is 9.59 Å². The third-order valence-electron chi connectivity index (χ3n) is 3.60. The molecule has 1 aromatic rings. The van der Waals surface area contributed by atoms with Crippen LogP contribution in [0.4, 0.5) is 4.79 Å². The Balaban J connectivity index is 1.88. The summed E-state index contributed by atoms with van der Waals surface area (Å²) < 4.78 is 1.71. The fourth-order valence-electron chi connectivity index (χ4n) is 2.47. The fourth-order valence-corrected chi connectivity index (χ4v) is 2.47. The number of hydrogen-bond donors (Lipinski definition) is 2. The van der Waals surface area contributed by atoms with E-state index in [4.69, 9.17) is 5.11 Å². The highest BCUT2D eigenvalue weighted by Gasteiger charge is 2.27. The molecular weight excluding hydrogens is 260 g/mol. The number of likely N-dealkylation sites (tertiary alicyclic amines) is 1. The van der Waals surface area contributed by atoms with Gasteiger partial charge in [-0.1, -0.05) is 0 Å². The molecule has 7 nitrogen and oxygen atoms in total. The van der Waals surface area contributed by atoms with E-state index in [0.29, 0.717) is 19.5 Å². The van der Waals surface area contributed by atoms with Gasteiger partial charge in [0.15, 0.2) is 0 Å². The molecule has 2 rings (SSSR count). The molecule has 20 heavy (non-hydrogen) atoms. The number of aliphatic carboxylic acids is 1. The molecule has 2 heterocycles. The summed E-state index contributed by atoms with van der Waals surface area (Å²) in [4.78, 5) is 24.6. The number of urea groups is 1. The Hall–Kier alpha value is -2.05. The van der Waals surface area contributed by atoms with Crippen LogP contribution in [-0.4, -0.2) is 44.9 Å². The van der Waals surface area contributed by atoms with Crippen molar-refractivity contribution in [2.45, 2.75) is 26.3 Å². The summed E-state index contributed by atoms with van der Waals surface area (Å²) in [7, 11) is 1.83. The Morgan fingerprint density at radius 1 is 1.55 bits per heavy atom. The van der Waals surface area contributed by atoms with E-state index < -0.39 is 11.9 Å². The first kappa shape index (κ1) is 14.4. The summed E-state index contributed by atoms with van der Waals surface area (Å²) in [5.41, 5.74) is 1.85. The largest absolute Gasteiger partial charge is 0.481 e. The van der Waals surface area contributed by atoms with E-state index in [1.54, 1.807) is 9.58 Å². The Bertz CT molecular complexity index is 512. The van der Waals surface area contributed by atoms with Crippen LogP contribution in [0.25, 0.3) is 0 Å². The first-order chi connectivity index (χ1) is 9.47. The number of carbonyl (C=O) groups is 2. The number of carboxylic acids is 1. The molecule has 0 aromatic carbocycles. The molecule has 2 amide bonds. The Kier molecular flexibility index (Phi) is 4.26. The molecule has 1 aromatic heterocycles. The van der Waals surface area contributed by atoms with Gasteiger partial charge in [-0.15, -0.1) is 0 Å². The summed E-state index contributed by atoms with van der Waals surface area (Å²) >= 11 is 0. The predicted octanol–water partition coefficient (Wildman–Crippen LogP) is 0.735. The topological polar surface area (TPSA) is 87.5 Å². The van der Waals surface area contributed by atoms with Gasteiger partial charge in [-0.05, 0) is 19.8 Å². The monoisotopic (exact) mass is 280 g/mol. The molecule has 1 atom stereocenters. The van der Waals surface area contributed by atoms with Crippen LogP contribution in [0.5, 0.6) is 0 Å². The summed E-state index contributed by atoms with van der Waals surface area (Å²) in [5.74, 6) is -1.28. The standard InChI is InChI=1S/C13H20N4O3/c1-9-11(7-16(2)15-9)6-14-13(20)17-5-3-4-10(8-17)12(18)19/h7,10H,3-6,8H2,1-2H3,(H,14,20)(H,18,19)/t10-/m0/s1. The highest BCUT2D eigenvalue weighted by Crippen LogP contribution is 2.16. The molecule has 0 bridgehead atoms. The third-order valence-corrected chi connectivity index (χ3v) is 3.60. The van der Waals surface area contributed by atoms with Gasteiger partial charge in [0, 0.05) is 38.4 Å². The van der Waals surface area contributed by atoms with Crippen molar-refractivity contribution in [2.24, 2.45) is 13.0 Å². The second-order valence-corrected chi connectivity index (χ2v) is 5.20. The van der Waals surface area contributed by atoms with Crippen LogP contribution < -0.4 is 5.32 Å². The lowest BCUT2D eigenvalue weighted by Gasteiger charge is -2.30. The number of hydrogen-bond acceptors (Lipinski definition) is 3. The summed E-state index contributed by atoms with van der Waals surface area (Å²) in [6.07, 6.45) is 3.24. The molecule has 0 unspecified atom stereocenters. The number of aromatic nitrogens is 2. The molecule has 0 saturated carbocycles. The minimum absolute atomic E-state index is 0.209. The van der Waals surface area contributed by atoms with Crippen LogP contribution in [0.3, 0.4) is 0 Å². The molecule has 1 aliphatic heterocycles. The maximum atomic E-state index is 12.1. The molecule has 0 aliphatic carbocycles. The number of rotatable bonds is 3. The second kappa shape index (κ2) is 5.94. The van der Waals surface area contributed by atoms with E-state index in [1.807, 2.05) is 20.2 Å². The number of carbonyl (C=O) groups excluding carboxylic acids is 1. The molecule has 110 valence electrons. The number of piperidine rings is 1. The average Bonchev–Trinajstić information content (AvgIpc) is 2.74. The van der Waals surface area contributed by atoms with Crippen LogP contribution >= 0.6 is 0 Å². The SMILES string of the molecule is Cc1nn(C)cc1CNC(=O)N1CCC[C@H](C(=O)O)C1. The Morgan fingerprint density at radius 2 is 2.30 bits per heavy atom. The number of aryl methyl sites for hydroxylation is 2. The Labute approximate surface area is 117 Å². The minimum atomic E-state index is -0.828. The van der Waals surface area contributed by atoms with Crippen LogP contribution in [-0.2, 0) is 18.4 Å². The van der Waals surface area contributed by atoms with E-state index in [1.165, 1.54) is 0 Å². The van der Waals surface area contributed by atoms with Crippen LogP contribution in [0.15, 0.2) is 6.20 Å². The summed E-state index contributed by atoms with van der Waals surface area (Å²) in [5, 5.41) is 16.0. The smallest absolute Gasteiger partial charge is 0.317 e. The van der Waals surface area contributed by atoms with Crippen molar-refractivity contribution in [3.05, 3.63) is 17.5 Å². The quantitative estimate of drug-likeness (QED) is 0.854. The highest BCUT2D eigenvalue weighted by atomic mass is 16.4. The zero-order chi connectivity index (χ0) is 14.7. The molecule has 7 heteroatoms. The first-order valence-corrected chi connectivity index (χ1v) is 6.72. The molecule has 0 spiro atoms. The molecule has 1 aliphatic rings. The molecule has 1 fully saturated rings. The van der Waals surface area contributed by atoms with Gasteiger partial charge >= 0.3 is 12.0 Å². The van der Waals surface area contributed by atoms with E-state index in [-0.39, 0.29) is 12.6 Å². The van der Waals surface area contributed by atoms with Crippen molar-refractivity contribution < 1.29 is 14.7 Å². The number of nitrogens with one attached hydrogen (secondary N) is 1. The van der Waals surface area contributed by atoms with Gasteiger partial charge in [0.2, 0.25) is 0 Å². The molecule has 1 saturated heterocycles. The van der Waals surface area contributed by atoms with Gasteiger partial charge in [-0.25, -0.2) is 4.79 Å². The Morgan fingerprint density at radius 3 is 2.90 bits per heavy atom. The normalized spacial score (nSPS) is 18.9. The van der Waals surface area contributed by atoms with Crippen molar-refractivity contribution in [1.29, 1.82) is 0 Å². The minimum Gasteiger partial charge on any atom is -0.481 e. The number of carboxylic acid groups (broad SMARTS) is 1. The van der Waals surface area contributed by atoms with Crippen LogP contribution in [0.1, 0.15) is 24.1 Å². The fraction of sp³-hybridized carbons (Fsp3) is 0.615. The summed E-state index contributed by atoms with van der Waals surface area (Å²) in [6.45, 7) is 3.20. The zero-order valence-electron chi connectivity index (χ0n) is 11.8. The van der Waals surface area contributed by atoms with Gasteiger partial charge < -0.3 is 15.3 Å². The van der Waals surface area contributed by atoms with Crippen molar-refractivity contribution in [2.75, 3.05) is 13.1 Å². The zero-order valence-corrected chi connectivity index (χ0v) is 11.8. The highest BCUT2D eigenvalue weighted by molar-refractivity contribution is 5.76. The number of nitrogens with zero attached hydrogens (tertiary/aromatic N) is 3. The lowest BCUT2D eigenvalue weighted by atomic mass is 9.99. The van der Waals surface area contributed by atoms with Crippen molar-refractivity contribution >= 4 is 12.0 Å². The molecule has 0 radical (unpaired) electrons. The van der Waals surface area contributed by atoms with Gasteiger partial charge in [0.05, 0.1) is 11.6 Å². The van der Waals surface area contributed by atoms with Crippen molar-refractivity contribution in [1.82, 2.24) is 20.0 Å². The predicted molar refractivity (Wildman–Crippen MR) is 72.1 cm³/mol. The maximum Gasteiger partial charge on any atom is 0.317 e. The van der Waals surface area contributed by atoms with Crippen LogP contribution in [0.2, 0.25) is 0 Å². The lowest BCUT2D eigenvalue weighted by molar-refractivity contribution is -0.143. The third kappa shape index (κ3) is 3.28. The van der Waals surface area contributed by atoms with Gasteiger partial charge in [-0.2, -0.15) is 5.10 Å². The number of amides is 2. The van der Waals surface area contributed by atoms with Gasteiger partial charge in [0.25, 0.3) is 0 Å². The summed E-state index contributed by atoms with van der Waals surface area (Å²) in [6, 6.07) is -0.209. The first-order valence-electron chi connectivity index (χ1n) is 6.72. The van der Waals surface area contributed by atoms with Crippen molar-refractivity contribution in [3.63, 3.8) is 0 Å². The van der Waals surface area contributed by atoms with Gasteiger partial charge in [0.1, 0.15) is 0 Å². The van der Waals surface area contributed by atoms with E-state index in [0.717, 1.165) is 17.7 Å². The van der Waals surface area contributed by atoms with E-state index in [2.05, 4.69) is 10.4 Å². The second-order valence-electron chi connectivity index (χ2n) is 5.20. The lowest BCUT2D eigenvalue weighted by Crippen LogP contribution is -2.46. The molecule has 2 N–H and O–H groups in total. The van der Waals surface area contributed by atoms with Crippen molar-refractivity contribution in [3.8, 4) is 0 Å². The van der Waals surface area contributed by atoms with Crippen LogP contribution in [0, 0.1) is 12.8 Å². The van der Waals surface area contributed by atoms with Gasteiger partial charge in [-0.3, -0.25) is 9.48 Å². The average molecular weight is 280 g/mol.